The number of benzene rings is 2. The molecule has 2 aliphatic heterocycles. The number of hydrogen-bond acceptors (Lipinski definition) is 7. The number of ether oxygens (including phenoxy) is 3. The lowest BCUT2D eigenvalue weighted by molar-refractivity contribution is -0.139. The number of halogens is 4. The molecule has 9 nitrogen and oxygen atoms in total. The molecule has 2 fully saturated rings. The molecule has 0 radical (unpaired) electrons. The molecule has 232 valence electrons. The zero-order valence-electron chi connectivity index (χ0n) is 23.6. The monoisotopic (exact) mass is 630 g/mol. The number of fused-ring (bicyclic) bond motifs is 1. The van der Waals surface area contributed by atoms with Gasteiger partial charge in [0.15, 0.2) is 0 Å². The molecule has 2 aliphatic rings. The van der Waals surface area contributed by atoms with Crippen LogP contribution in [-0.2, 0) is 30.6 Å². The number of carboxylic acids is 1. The lowest BCUT2D eigenvalue weighted by Gasteiger charge is -2.32. The fourth-order valence-corrected chi connectivity index (χ4v) is 5.62. The van der Waals surface area contributed by atoms with E-state index in [-0.39, 0.29) is 35.2 Å². The summed E-state index contributed by atoms with van der Waals surface area (Å²) in [6.07, 6.45) is -0.523. The number of rotatable bonds is 10. The van der Waals surface area contributed by atoms with Gasteiger partial charge in [-0.1, -0.05) is 11.6 Å². The van der Waals surface area contributed by atoms with Crippen LogP contribution in [0.25, 0.3) is 11.0 Å². The van der Waals surface area contributed by atoms with Gasteiger partial charge in [0.1, 0.15) is 30.0 Å². The van der Waals surface area contributed by atoms with Crippen LogP contribution in [0.5, 0.6) is 11.5 Å². The molecule has 0 bridgehead atoms. The predicted molar refractivity (Wildman–Crippen MR) is 155 cm³/mol. The lowest BCUT2D eigenvalue weighted by atomic mass is 10.1. The van der Waals surface area contributed by atoms with E-state index in [9.17, 15) is 23.1 Å². The Morgan fingerprint density at radius 2 is 1.89 bits per heavy atom. The Kier molecular flexibility index (Phi) is 8.66. The first-order valence-electron chi connectivity index (χ1n) is 14.3. The van der Waals surface area contributed by atoms with Crippen LogP contribution < -0.4 is 9.47 Å². The van der Waals surface area contributed by atoms with Crippen molar-refractivity contribution in [2.75, 3.05) is 19.7 Å². The van der Waals surface area contributed by atoms with Crippen LogP contribution in [-0.4, -0.2) is 62.4 Å². The number of carbonyl (C=O) groups is 1. The van der Waals surface area contributed by atoms with Crippen molar-refractivity contribution in [1.82, 2.24) is 19.4 Å². The summed E-state index contributed by atoms with van der Waals surface area (Å²) in [5.41, 5.74) is 1.26. The molecule has 1 atom stereocenters. The Bertz CT molecular complexity index is 1650. The molecule has 6 rings (SSSR count). The van der Waals surface area contributed by atoms with Gasteiger partial charge in [0.25, 0.3) is 0 Å². The number of aromatic nitrogens is 3. The summed E-state index contributed by atoms with van der Waals surface area (Å²) in [5, 5.41) is 9.45. The van der Waals surface area contributed by atoms with E-state index in [1.54, 1.807) is 36.5 Å². The standard InChI is InChI=1S/C31H30ClF3N4O5/c32-20-2-4-28(25(14-20)31(33,34)35)43-18-21-15-23(5-9-36-21)44-22-6-10-38(11-7-22)17-29-37-26-3-1-19(30(40)41)13-27(26)39(29)16-24-8-12-42-24/h1-5,9,13-15,22,24H,6-8,10-12,16-18H2,(H,40,41)/t24-/m0/s1. The second-order valence-electron chi connectivity index (χ2n) is 10.9. The summed E-state index contributed by atoms with van der Waals surface area (Å²) in [5.74, 6) is 0.138. The highest BCUT2D eigenvalue weighted by Gasteiger charge is 2.35. The maximum atomic E-state index is 13.4. The third kappa shape index (κ3) is 6.92. The topological polar surface area (TPSA) is 98.9 Å². The molecule has 0 unspecified atom stereocenters. The van der Waals surface area contributed by atoms with Gasteiger partial charge in [-0.05, 0) is 61.7 Å². The largest absolute Gasteiger partial charge is 0.490 e. The minimum atomic E-state index is -4.60. The summed E-state index contributed by atoms with van der Waals surface area (Å²) in [4.78, 5) is 22.9. The highest BCUT2D eigenvalue weighted by atomic mass is 35.5. The number of imidazole rings is 1. The van der Waals surface area contributed by atoms with Crippen LogP contribution in [0, 0.1) is 0 Å². The van der Waals surface area contributed by atoms with Crippen LogP contribution in [0.1, 0.15) is 46.7 Å². The number of carboxylic acid groups (broad SMARTS) is 1. The van der Waals surface area contributed by atoms with E-state index in [2.05, 4.69) is 14.5 Å². The maximum Gasteiger partial charge on any atom is 0.420 e. The van der Waals surface area contributed by atoms with E-state index >= 15 is 0 Å². The first-order chi connectivity index (χ1) is 21.1. The molecular weight excluding hydrogens is 601 g/mol. The van der Waals surface area contributed by atoms with Crippen LogP contribution in [0.15, 0.2) is 54.7 Å². The highest BCUT2D eigenvalue weighted by molar-refractivity contribution is 6.30. The fraction of sp³-hybridized carbons (Fsp3) is 0.387. The van der Waals surface area contributed by atoms with Crippen LogP contribution in [0.3, 0.4) is 0 Å². The van der Waals surface area contributed by atoms with Crippen LogP contribution >= 0.6 is 11.6 Å². The van der Waals surface area contributed by atoms with Crippen molar-refractivity contribution in [3.8, 4) is 11.5 Å². The molecule has 0 amide bonds. The zero-order chi connectivity index (χ0) is 30.8. The Hall–Kier alpha value is -3.87. The number of likely N-dealkylation sites (tertiary alicyclic amines) is 1. The van der Waals surface area contributed by atoms with Crippen molar-refractivity contribution in [2.24, 2.45) is 0 Å². The van der Waals surface area contributed by atoms with Gasteiger partial charge in [0, 0.05) is 37.0 Å². The SMILES string of the molecule is O=C(O)c1ccc2nc(CN3CCC(Oc4ccnc(COc5ccc(Cl)cc5C(F)(F)F)c4)CC3)n(C[C@@H]3CCO3)c2c1. The normalized spacial score (nSPS) is 17.9. The first-order valence-corrected chi connectivity index (χ1v) is 14.7. The summed E-state index contributed by atoms with van der Waals surface area (Å²) < 4.78 is 59.6. The summed E-state index contributed by atoms with van der Waals surface area (Å²) in [6, 6.07) is 11.8. The number of pyridine rings is 1. The number of alkyl halides is 3. The van der Waals surface area contributed by atoms with Crippen molar-refractivity contribution >= 4 is 28.6 Å². The van der Waals surface area contributed by atoms with E-state index in [0.29, 0.717) is 24.5 Å². The van der Waals surface area contributed by atoms with Gasteiger partial charge in [0.2, 0.25) is 0 Å². The van der Waals surface area contributed by atoms with Gasteiger partial charge in [-0.25, -0.2) is 9.78 Å². The van der Waals surface area contributed by atoms with Gasteiger partial charge in [0.05, 0.1) is 47.0 Å². The van der Waals surface area contributed by atoms with Gasteiger partial charge in [-0.3, -0.25) is 9.88 Å². The second-order valence-corrected chi connectivity index (χ2v) is 11.4. The molecule has 4 aromatic rings. The predicted octanol–water partition coefficient (Wildman–Crippen LogP) is 6.21. The number of hydrogen-bond donors (Lipinski definition) is 1. The van der Waals surface area contributed by atoms with Gasteiger partial charge < -0.3 is 23.9 Å². The van der Waals surface area contributed by atoms with E-state index in [0.717, 1.165) is 61.9 Å². The number of piperidine rings is 1. The second kappa shape index (κ2) is 12.6. The smallest absolute Gasteiger partial charge is 0.420 e. The molecule has 44 heavy (non-hydrogen) atoms. The van der Waals surface area contributed by atoms with E-state index in [1.807, 2.05) is 0 Å². The summed E-state index contributed by atoms with van der Waals surface area (Å²) in [7, 11) is 0. The molecular formula is C31H30ClF3N4O5. The van der Waals surface area contributed by atoms with Crippen molar-refractivity contribution in [3.05, 3.63) is 82.4 Å². The van der Waals surface area contributed by atoms with Crippen molar-refractivity contribution in [3.63, 3.8) is 0 Å². The number of aromatic carboxylic acids is 1. The molecule has 0 aliphatic carbocycles. The van der Waals surface area contributed by atoms with Crippen molar-refractivity contribution in [1.29, 1.82) is 0 Å². The van der Waals surface area contributed by atoms with Crippen molar-refractivity contribution in [2.45, 2.75) is 57.3 Å². The van der Waals surface area contributed by atoms with Crippen LogP contribution in [0.4, 0.5) is 13.2 Å². The summed E-state index contributed by atoms with van der Waals surface area (Å²) >= 11 is 5.75. The molecule has 13 heteroatoms. The average Bonchev–Trinajstić information content (AvgIpc) is 3.30. The molecule has 0 spiro atoms. The highest BCUT2D eigenvalue weighted by Crippen LogP contribution is 2.38. The molecule has 1 N–H and O–H groups in total. The van der Waals surface area contributed by atoms with Gasteiger partial charge in [-0.2, -0.15) is 13.2 Å². The Morgan fingerprint density at radius 3 is 2.59 bits per heavy atom. The van der Waals surface area contributed by atoms with Gasteiger partial charge >= 0.3 is 12.1 Å². The minimum Gasteiger partial charge on any atom is -0.490 e. The fourth-order valence-electron chi connectivity index (χ4n) is 5.45. The number of nitrogens with zero attached hydrogens (tertiary/aromatic N) is 4. The minimum absolute atomic E-state index is 0.0273. The Labute approximate surface area is 256 Å². The Balaban J connectivity index is 1.06. The maximum absolute atomic E-state index is 13.4. The quantitative estimate of drug-likeness (QED) is 0.221. The molecule has 4 heterocycles. The van der Waals surface area contributed by atoms with Gasteiger partial charge in [-0.15, -0.1) is 0 Å². The lowest BCUT2D eigenvalue weighted by Crippen LogP contribution is -2.39. The Morgan fingerprint density at radius 1 is 1.09 bits per heavy atom. The third-order valence-corrected chi connectivity index (χ3v) is 8.10. The average molecular weight is 631 g/mol. The molecule has 0 saturated carbocycles. The van der Waals surface area contributed by atoms with Crippen molar-refractivity contribution < 1.29 is 37.3 Å². The first kappa shape index (κ1) is 30.2. The van der Waals surface area contributed by atoms with E-state index in [1.165, 1.54) is 12.1 Å². The summed E-state index contributed by atoms with van der Waals surface area (Å²) in [6.45, 7) is 3.34. The zero-order valence-corrected chi connectivity index (χ0v) is 24.4. The van der Waals surface area contributed by atoms with E-state index in [4.69, 9.17) is 30.8 Å². The molecule has 2 aromatic heterocycles. The molecule has 2 aromatic carbocycles. The van der Waals surface area contributed by atoms with Crippen LogP contribution in [0.2, 0.25) is 5.02 Å². The van der Waals surface area contributed by atoms with E-state index < -0.39 is 17.7 Å². The third-order valence-electron chi connectivity index (χ3n) is 7.87. The molecule has 2 saturated heterocycles.